The quantitative estimate of drug-likeness (QED) is 0.484. The molecule has 0 fully saturated rings. The minimum absolute atomic E-state index is 0.112. The Morgan fingerprint density at radius 2 is 2.00 bits per heavy atom. The van der Waals surface area contributed by atoms with E-state index in [0.29, 0.717) is 25.4 Å². The van der Waals surface area contributed by atoms with Crippen molar-refractivity contribution in [2.75, 3.05) is 6.61 Å². The van der Waals surface area contributed by atoms with Gasteiger partial charge in [-0.05, 0) is 36.0 Å². The molecule has 1 heterocycles. The Bertz CT molecular complexity index is 904. The number of aromatic amines is 1. The minimum Gasteiger partial charge on any atom is -0.465 e. The van der Waals surface area contributed by atoms with Crippen molar-refractivity contribution in [3.8, 4) is 11.1 Å². The summed E-state index contributed by atoms with van der Waals surface area (Å²) in [7, 11) is 0. The fourth-order valence-electron chi connectivity index (χ4n) is 3.42. The second kappa shape index (κ2) is 10.0. The number of aromatic nitrogens is 3. The van der Waals surface area contributed by atoms with E-state index in [1.54, 1.807) is 0 Å². The number of aryl methyl sites for hydroxylation is 1. The maximum atomic E-state index is 12.2. The predicted molar refractivity (Wildman–Crippen MR) is 112 cm³/mol. The molecule has 3 rings (SSSR count). The van der Waals surface area contributed by atoms with Crippen molar-refractivity contribution in [1.29, 1.82) is 0 Å². The molecule has 5 heteroatoms. The molecule has 2 aromatic carbocycles. The minimum atomic E-state index is -0.112. The number of unbranched alkanes of at least 4 members (excludes halogenated alkanes) is 1. The Labute approximate surface area is 166 Å². The van der Waals surface area contributed by atoms with E-state index in [4.69, 9.17) is 4.74 Å². The van der Waals surface area contributed by atoms with Crippen molar-refractivity contribution >= 4 is 17.0 Å². The van der Waals surface area contributed by atoms with Crippen molar-refractivity contribution in [1.82, 2.24) is 15.4 Å². The van der Waals surface area contributed by atoms with E-state index in [1.807, 2.05) is 24.3 Å². The highest BCUT2D eigenvalue weighted by molar-refractivity contribution is 5.91. The molecule has 28 heavy (non-hydrogen) atoms. The van der Waals surface area contributed by atoms with Gasteiger partial charge in [-0.2, -0.15) is 15.4 Å². The van der Waals surface area contributed by atoms with Crippen LogP contribution in [0.4, 0.5) is 0 Å². The third-order valence-corrected chi connectivity index (χ3v) is 5.23. The summed E-state index contributed by atoms with van der Waals surface area (Å²) in [6.07, 6.45) is 5.65. The molecule has 0 spiro atoms. The van der Waals surface area contributed by atoms with Gasteiger partial charge >= 0.3 is 5.97 Å². The largest absolute Gasteiger partial charge is 0.465 e. The maximum Gasteiger partial charge on any atom is 0.306 e. The first kappa shape index (κ1) is 20.1. The molecule has 148 valence electrons. The Morgan fingerprint density at radius 3 is 2.82 bits per heavy atom. The first-order valence-electron chi connectivity index (χ1n) is 10.3. The predicted octanol–water partition coefficient (Wildman–Crippen LogP) is 5.32. The monoisotopic (exact) mass is 379 g/mol. The molecule has 0 saturated heterocycles. The summed E-state index contributed by atoms with van der Waals surface area (Å²) in [5, 5.41) is 11.1. The molecule has 0 aliphatic rings. The van der Waals surface area contributed by atoms with Gasteiger partial charge in [0.15, 0.2) is 0 Å². The number of ether oxygens (including phenoxy) is 1. The Balaban J connectivity index is 1.58. The van der Waals surface area contributed by atoms with Crippen LogP contribution in [0.3, 0.4) is 0 Å². The number of hydrogen-bond acceptors (Lipinski definition) is 4. The van der Waals surface area contributed by atoms with Gasteiger partial charge in [0, 0.05) is 12.0 Å². The number of carbonyl (C=O) groups excluding carboxylic acids is 1. The van der Waals surface area contributed by atoms with Gasteiger partial charge in [-0.1, -0.05) is 69.5 Å². The van der Waals surface area contributed by atoms with Crippen LogP contribution >= 0.6 is 0 Å². The lowest BCUT2D eigenvalue weighted by Crippen LogP contribution is -2.14. The van der Waals surface area contributed by atoms with Gasteiger partial charge in [-0.3, -0.25) is 4.79 Å². The summed E-state index contributed by atoms with van der Waals surface area (Å²) in [6, 6.07) is 14.2. The Hall–Kier alpha value is -2.69. The van der Waals surface area contributed by atoms with E-state index in [0.717, 1.165) is 40.6 Å². The standard InChI is InChI=1S/C23H29N3O2/c1-3-5-8-17(4-2)16-28-22(27)14-13-18-9-6-10-19(15-18)20-11-7-12-21-23(20)25-26-24-21/h6-7,9-12,15,17H,3-5,8,13-14,16H2,1-2H3,(H,24,25,26). The molecule has 0 aliphatic carbocycles. The van der Waals surface area contributed by atoms with Crippen LogP contribution in [-0.2, 0) is 16.0 Å². The molecule has 1 N–H and O–H groups in total. The van der Waals surface area contributed by atoms with Gasteiger partial charge in [0.25, 0.3) is 0 Å². The van der Waals surface area contributed by atoms with Crippen LogP contribution in [0, 0.1) is 5.92 Å². The third kappa shape index (κ3) is 5.18. The van der Waals surface area contributed by atoms with E-state index < -0.39 is 0 Å². The van der Waals surface area contributed by atoms with Gasteiger partial charge in [0.05, 0.1) is 6.61 Å². The molecule has 0 radical (unpaired) electrons. The van der Waals surface area contributed by atoms with Crippen LogP contribution in [0.2, 0.25) is 0 Å². The molecule has 0 bridgehead atoms. The summed E-state index contributed by atoms with van der Waals surface area (Å²) in [6.45, 7) is 4.90. The number of H-pyrrole nitrogens is 1. The lowest BCUT2D eigenvalue weighted by Gasteiger charge is -2.14. The normalized spacial score (nSPS) is 12.2. The summed E-state index contributed by atoms with van der Waals surface area (Å²) in [4.78, 5) is 12.2. The van der Waals surface area contributed by atoms with Crippen molar-refractivity contribution in [3.05, 3.63) is 48.0 Å². The van der Waals surface area contributed by atoms with Crippen LogP contribution in [0.15, 0.2) is 42.5 Å². The van der Waals surface area contributed by atoms with E-state index >= 15 is 0 Å². The topological polar surface area (TPSA) is 67.9 Å². The summed E-state index contributed by atoms with van der Waals surface area (Å²) in [5.74, 6) is 0.370. The summed E-state index contributed by atoms with van der Waals surface area (Å²) >= 11 is 0. The molecule has 1 aromatic heterocycles. The molecular weight excluding hydrogens is 350 g/mol. The molecular formula is C23H29N3O2. The number of para-hydroxylation sites is 1. The van der Waals surface area contributed by atoms with Crippen molar-refractivity contribution in [3.63, 3.8) is 0 Å². The lowest BCUT2D eigenvalue weighted by molar-refractivity contribution is -0.145. The van der Waals surface area contributed by atoms with Crippen LogP contribution in [0.1, 0.15) is 51.5 Å². The number of nitrogens with one attached hydrogen (secondary N) is 1. The lowest BCUT2D eigenvalue weighted by atomic mass is 9.99. The zero-order valence-corrected chi connectivity index (χ0v) is 16.8. The summed E-state index contributed by atoms with van der Waals surface area (Å²) < 4.78 is 5.51. The fraction of sp³-hybridized carbons (Fsp3) is 0.435. The summed E-state index contributed by atoms with van der Waals surface area (Å²) in [5.41, 5.74) is 4.94. The second-order valence-corrected chi connectivity index (χ2v) is 7.30. The molecule has 0 aliphatic heterocycles. The number of esters is 1. The first-order chi connectivity index (χ1) is 13.7. The van der Waals surface area contributed by atoms with E-state index in [1.165, 1.54) is 12.8 Å². The third-order valence-electron chi connectivity index (χ3n) is 5.23. The van der Waals surface area contributed by atoms with Gasteiger partial charge in [-0.15, -0.1) is 0 Å². The van der Waals surface area contributed by atoms with Crippen LogP contribution < -0.4 is 0 Å². The Kier molecular flexibility index (Phi) is 7.18. The molecule has 0 saturated carbocycles. The van der Waals surface area contributed by atoms with E-state index in [9.17, 15) is 4.79 Å². The van der Waals surface area contributed by atoms with Gasteiger partial charge < -0.3 is 4.74 Å². The molecule has 3 aromatic rings. The van der Waals surface area contributed by atoms with Gasteiger partial charge in [0.2, 0.25) is 0 Å². The van der Waals surface area contributed by atoms with Crippen LogP contribution in [0.25, 0.3) is 22.2 Å². The maximum absolute atomic E-state index is 12.2. The number of fused-ring (bicyclic) bond motifs is 1. The smallest absolute Gasteiger partial charge is 0.306 e. The van der Waals surface area contributed by atoms with Crippen molar-refractivity contribution < 1.29 is 9.53 Å². The second-order valence-electron chi connectivity index (χ2n) is 7.30. The molecule has 1 unspecified atom stereocenters. The first-order valence-corrected chi connectivity index (χ1v) is 10.3. The average Bonchev–Trinajstić information content (AvgIpc) is 3.21. The Morgan fingerprint density at radius 1 is 1.14 bits per heavy atom. The van der Waals surface area contributed by atoms with E-state index in [2.05, 4.69) is 47.5 Å². The zero-order valence-electron chi connectivity index (χ0n) is 16.8. The van der Waals surface area contributed by atoms with Gasteiger partial charge in [-0.25, -0.2) is 0 Å². The zero-order chi connectivity index (χ0) is 19.8. The van der Waals surface area contributed by atoms with Crippen molar-refractivity contribution in [2.45, 2.75) is 52.4 Å². The number of nitrogens with zero attached hydrogens (tertiary/aromatic N) is 2. The molecule has 5 nitrogen and oxygen atoms in total. The number of benzene rings is 2. The highest BCUT2D eigenvalue weighted by Gasteiger charge is 2.11. The number of rotatable bonds is 10. The number of carbonyl (C=O) groups is 1. The highest BCUT2D eigenvalue weighted by Crippen LogP contribution is 2.27. The van der Waals surface area contributed by atoms with E-state index in [-0.39, 0.29) is 5.97 Å². The molecule has 0 amide bonds. The van der Waals surface area contributed by atoms with Crippen LogP contribution in [0.5, 0.6) is 0 Å². The highest BCUT2D eigenvalue weighted by atomic mass is 16.5. The SMILES string of the molecule is CCCCC(CC)COC(=O)CCc1cccc(-c2cccc3n[nH]nc23)c1. The van der Waals surface area contributed by atoms with Gasteiger partial charge in [0.1, 0.15) is 11.0 Å². The van der Waals surface area contributed by atoms with Crippen LogP contribution in [-0.4, -0.2) is 28.0 Å². The number of hydrogen-bond donors (Lipinski definition) is 1. The average molecular weight is 380 g/mol. The molecule has 1 atom stereocenters. The fourth-order valence-corrected chi connectivity index (χ4v) is 3.42. The van der Waals surface area contributed by atoms with Crippen molar-refractivity contribution in [2.24, 2.45) is 5.92 Å².